The zero-order valence-electron chi connectivity index (χ0n) is 14.6. The number of carbonyl (C=O) groups excluding carboxylic acids is 1. The van der Waals surface area contributed by atoms with Gasteiger partial charge in [-0.15, -0.1) is 0 Å². The summed E-state index contributed by atoms with van der Waals surface area (Å²) in [5.74, 6) is 1.38. The van der Waals surface area contributed by atoms with Crippen LogP contribution in [0.3, 0.4) is 0 Å². The molecule has 3 rings (SSSR count). The van der Waals surface area contributed by atoms with Crippen molar-refractivity contribution < 1.29 is 9.53 Å². The molecule has 26 heavy (non-hydrogen) atoms. The minimum atomic E-state index is -0.0654. The number of imidazole rings is 1. The van der Waals surface area contributed by atoms with Crippen molar-refractivity contribution in [3.8, 4) is 11.8 Å². The minimum Gasteiger partial charge on any atom is -0.486 e. The van der Waals surface area contributed by atoms with E-state index >= 15 is 0 Å². The molecule has 0 saturated heterocycles. The highest BCUT2D eigenvalue weighted by Gasteiger charge is 2.16. The molecule has 3 aromatic rings. The second-order valence-corrected chi connectivity index (χ2v) is 5.93. The van der Waals surface area contributed by atoms with Gasteiger partial charge in [-0.2, -0.15) is 5.26 Å². The minimum absolute atomic E-state index is 0.0654. The number of hydrogen-bond acceptors (Lipinski definition) is 4. The number of hydrogen-bond donors (Lipinski definition) is 0. The highest BCUT2D eigenvalue weighted by atomic mass is 16.5. The summed E-state index contributed by atoms with van der Waals surface area (Å²) >= 11 is 0. The monoisotopic (exact) mass is 348 g/mol. The number of nitriles is 1. The fourth-order valence-corrected chi connectivity index (χ4v) is 2.67. The van der Waals surface area contributed by atoms with Crippen LogP contribution in [0.5, 0.6) is 5.75 Å². The van der Waals surface area contributed by atoms with E-state index in [4.69, 9.17) is 10.00 Å². The predicted molar refractivity (Wildman–Crippen MR) is 98.4 cm³/mol. The third-order valence-corrected chi connectivity index (χ3v) is 4.12. The van der Waals surface area contributed by atoms with Crippen molar-refractivity contribution in [3.63, 3.8) is 0 Å². The Balaban J connectivity index is 1.82. The molecule has 0 radical (unpaired) electrons. The fourth-order valence-electron chi connectivity index (χ4n) is 2.67. The van der Waals surface area contributed by atoms with Crippen LogP contribution in [-0.4, -0.2) is 34.0 Å². The zero-order chi connectivity index (χ0) is 18.4. The summed E-state index contributed by atoms with van der Waals surface area (Å²) in [7, 11) is 1.71. The number of rotatable bonds is 7. The molecule has 6 nitrogen and oxygen atoms in total. The van der Waals surface area contributed by atoms with Crippen LogP contribution in [-0.2, 0) is 17.9 Å². The number of nitrogens with zero attached hydrogens (tertiary/aromatic N) is 4. The highest BCUT2D eigenvalue weighted by Crippen LogP contribution is 2.18. The standard InChI is InChI=1S/C20H20N4O2/c1-23(13-7-12-21)20(25)14-24-18-11-6-5-10-17(18)22-19(24)15-26-16-8-3-2-4-9-16/h2-6,8-11H,7,13-15H2,1H3. The van der Waals surface area contributed by atoms with Crippen LogP contribution >= 0.6 is 0 Å². The smallest absolute Gasteiger partial charge is 0.242 e. The average Bonchev–Trinajstić information content (AvgIpc) is 3.02. The lowest BCUT2D eigenvalue weighted by Crippen LogP contribution is -2.31. The molecule has 0 bridgehead atoms. The second-order valence-electron chi connectivity index (χ2n) is 5.93. The number of carbonyl (C=O) groups is 1. The number of aromatic nitrogens is 2. The molecule has 0 spiro atoms. The fraction of sp³-hybridized carbons (Fsp3) is 0.250. The summed E-state index contributed by atoms with van der Waals surface area (Å²) in [6.45, 7) is 0.849. The maximum absolute atomic E-state index is 12.5. The van der Waals surface area contributed by atoms with E-state index in [-0.39, 0.29) is 19.1 Å². The molecule has 132 valence electrons. The van der Waals surface area contributed by atoms with Gasteiger partial charge in [0.15, 0.2) is 0 Å². The Labute approximate surface area is 152 Å². The molecule has 0 fully saturated rings. The lowest BCUT2D eigenvalue weighted by atomic mass is 10.3. The quantitative estimate of drug-likeness (QED) is 0.658. The number of fused-ring (bicyclic) bond motifs is 1. The van der Waals surface area contributed by atoms with Crippen molar-refractivity contribution in [1.29, 1.82) is 5.26 Å². The summed E-state index contributed by atoms with van der Waals surface area (Å²) in [5.41, 5.74) is 1.72. The van der Waals surface area contributed by atoms with Gasteiger partial charge in [-0.05, 0) is 24.3 Å². The summed E-state index contributed by atoms with van der Waals surface area (Å²) in [5, 5.41) is 8.70. The van der Waals surface area contributed by atoms with E-state index in [2.05, 4.69) is 11.1 Å². The SMILES string of the molecule is CN(CCC#N)C(=O)Cn1c(COc2ccccc2)nc2ccccc21. The third kappa shape index (κ3) is 4.01. The van der Waals surface area contributed by atoms with E-state index in [0.29, 0.717) is 18.8 Å². The highest BCUT2D eigenvalue weighted by molar-refractivity contribution is 5.81. The zero-order valence-corrected chi connectivity index (χ0v) is 14.6. The van der Waals surface area contributed by atoms with Crippen molar-refractivity contribution >= 4 is 16.9 Å². The number of para-hydroxylation sites is 3. The average molecular weight is 348 g/mol. The largest absolute Gasteiger partial charge is 0.486 e. The number of ether oxygens (including phenoxy) is 1. The van der Waals surface area contributed by atoms with Gasteiger partial charge in [0.2, 0.25) is 5.91 Å². The van der Waals surface area contributed by atoms with Gasteiger partial charge < -0.3 is 14.2 Å². The molecule has 0 aliphatic rings. The first-order valence-corrected chi connectivity index (χ1v) is 8.42. The van der Waals surface area contributed by atoms with E-state index in [9.17, 15) is 4.79 Å². The molecule has 1 heterocycles. The first-order valence-electron chi connectivity index (χ1n) is 8.42. The van der Waals surface area contributed by atoms with Gasteiger partial charge in [-0.1, -0.05) is 30.3 Å². The van der Waals surface area contributed by atoms with Crippen LogP contribution in [0.4, 0.5) is 0 Å². The van der Waals surface area contributed by atoms with Gasteiger partial charge in [0.1, 0.15) is 24.7 Å². The Hall–Kier alpha value is -3.33. The molecule has 0 N–H and O–H groups in total. The Morgan fingerprint density at radius 2 is 1.92 bits per heavy atom. The topological polar surface area (TPSA) is 71.2 Å². The first-order chi connectivity index (χ1) is 12.7. The van der Waals surface area contributed by atoms with E-state index in [1.807, 2.05) is 59.2 Å². The van der Waals surface area contributed by atoms with Gasteiger partial charge in [-0.3, -0.25) is 4.79 Å². The van der Waals surface area contributed by atoms with Gasteiger partial charge in [0.25, 0.3) is 0 Å². The van der Waals surface area contributed by atoms with Crippen LogP contribution < -0.4 is 4.74 Å². The maximum atomic E-state index is 12.5. The van der Waals surface area contributed by atoms with Gasteiger partial charge >= 0.3 is 0 Å². The first kappa shape index (κ1) is 17.5. The molecular formula is C20H20N4O2. The van der Waals surface area contributed by atoms with Crippen LogP contribution in [0.25, 0.3) is 11.0 Å². The van der Waals surface area contributed by atoms with E-state index < -0.39 is 0 Å². The van der Waals surface area contributed by atoms with Crippen molar-refractivity contribution in [2.24, 2.45) is 0 Å². The summed E-state index contributed by atoms with van der Waals surface area (Å²) in [6.07, 6.45) is 0.316. The molecular weight excluding hydrogens is 328 g/mol. The van der Waals surface area contributed by atoms with E-state index in [1.54, 1.807) is 11.9 Å². The van der Waals surface area contributed by atoms with Crippen molar-refractivity contribution in [3.05, 3.63) is 60.4 Å². The molecule has 0 aliphatic carbocycles. The Bertz CT molecular complexity index is 928. The van der Waals surface area contributed by atoms with Crippen molar-refractivity contribution in [2.45, 2.75) is 19.6 Å². The lowest BCUT2D eigenvalue weighted by Gasteiger charge is -2.17. The van der Waals surface area contributed by atoms with Crippen LogP contribution in [0.1, 0.15) is 12.2 Å². The van der Waals surface area contributed by atoms with E-state index in [0.717, 1.165) is 16.8 Å². The summed E-state index contributed by atoms with van der Waals surface area (Å²) < 4.78 is 7.70. The third-order valence-electron chi connectivity index (χ3n) is 4.12. The number of likely N-dealkylation sites (N-methyl/N-ethyl adjacent to an activating group) is 1. The normalized spacial score (nSPS) is 10.5. The summed E-state index contributed by atoms with van der Waals surface area (Å²) in [4.78, 5) is 18.7. The number of benzene rings is 2. The molecule has 0 unspecified atom stereocenters. The summed E-state index contributed by atoms with van der Waals surface area (Å²) in [6, 6.07) is 19.3. The molecule has 1 aromatic heterocycles. The van der Waals surface area contributed by atoms with Crippen LogP contribution in [0, 0.1) is 11.3 Å². The molecule has 2 aromatic carbocycles. The molecule has 0 atom stereocenters. The van der Waals surface area contributed by atoms with E-state index in [1.165, 1.54) is 0 Å². The van der Waals surface area contributed by atoms with Crippen LogP contribution in [0.15, 0.2) is 54.6 Å². The van der Waals surface area contributed by atoms with Gasteiger partial charge in [0, 0.05) is 13.6 Å². The molecule has 0 saturated carbocycles. The van der Waals surface area contributed by atoms with Crippen molar-refractivity contribution in [2.75, 3.05) is 13.6 Å². The second kappa shape index (κ2) is 8.17. The van der Waals surface area contributed by atoms with Crippen molar-refractivity contribution in [1.82, 2.24) is 14.5 Å². The predicted octanol–water partition coefficient (Wildman–Crippen LogP) is 2.99. The maximum Gasteiger partial charge on any atom is 0.242 e. The van der Waals surface area contributed by atoms with Crippen LogP contribution in [0.2, 0.25) is 0 Å². The Morgan fingerprint density at radius 1 is 1.19 bits per heavy atom. The molecule has 0 aliphatic heterocycles. The molecule has 1 amide bonds. The van der Waals surface area contributed by atoms with Gasteiger partial charge in [0.05, 0.1) is 23.5 Å². The lowest BCUT2D eigenvalue weighted by molar-refractivity contribution is -0.130. The van der Waals surface area contributed by atoms with Gasteiger partial charge in [-0.25, -0.2) is 4.98 Å². The Morgan fingerprint density at radius 3 is 2.69 bits per heavy atom. The number of amides is 1. The molecule has 6 heteroatoms. The Kier molecular flexibility index (Phi) is 5.49.